The fraction of sp³-hybridized carbons (Fsp3) is 0.250. The van der Waals surface area contributed by atoms with Crippen LogP contribution in [0.2, 0.25) is 5.02 Å². The third-order valence-electron chi connectivity index (χ3n) is 1.53. The van der Waals surface area contributed by atoms with Crippen LogP contribution in [0.4, 0.5) is 0 Å². The Bertz CT molecular complexity index is 243. The van der Waals surface area contributed by atoms with Gasteiger partial charge in [0, 0.05) is 17.6 Å². The monoisotopic (exact) mass is 242 g/mol. The maximum atomic E-state index is 5.75. The summed E-state index contributed by atoms with van der Waals surface area (Å²) in [5.74, 6) is 0. The Morgan fingerprint density at radius 1 is 1.31 bits per heavy atom. The maximum Gasteiger partial charge on any atom is 0.0420 e. The van der Waals surface area contributed by atoms with E-state index in [1.165, 1.54) is 0 Å². The highest BCUT2D eigenvalue weighted by atomic mass is 35.5. The van der Waals surface area contributed by atoms with Gasteiger partial charge in [0.15, 0.2) is 0 Å². The first kappa shape index (κ1) is 15.5. The highest BCUT2D eigenvalue weighted by Gasteiger charge is 2.02. The second kappa shape index (κ2) is 7.42. The van der Waals surface area contributed by atoms with Crippen molar-refractivity contribution in [2.75, 3.05) is 6.54 Å². The van der Waals surface area contributed by atoms with Crippen molar-refractivity contribution in [3.05, 3.63) is 34.9 Å². The molecule has 0 saturated heterocycles. The van der Waals surface area contributed by atoms with E-state index in [9.17, 15) is 0 Å². The number of hydrogen-bond acceptors (Lipinski definition) is 2. The van der Waals surface area contributed by atoms with Crippen molar-refractivity contribution in [1.29, 1.82) is 0 Å². The number of benzene rings is 1. The molecular formula is C8H13Cl3N2. The number of hydrogen-bond donors (Lipinski definition) is 2. The van der Waals surface area contributed by atoms with Crippen molar-refractivity contribution in [2.45, 2.75) is 6.04 Å². The third-order valence-corrected chi connectivity index (χ3v) is 1.77. The predicted octanol–water partition coefficient (Wildman–Crippen LogP) is 2.14. The van der Waals surface area contributed by atoms with Crippen LogP contribution in [0.5, 0.6) is 0 Å². The number of halogens is 3. The van der Waals surface area contributed by atoms with Crippen molar-refractivity contribution < 1.29 is 0 Å². The van der Waals surface area contributed by atoms with Gasteiger partial charge in [-0.05, 0) is 17.7 Å². The second-order valence-electron chi connectivity index (χ2n) is 2.40. The van der Waals surface area contributed by atoms with Crippen LogP contribution >= 0.6 is 36.4 Å². The van der Waals surface area contributed by atoms with E-state index in [0.717, 1.165) is 5.56 Å². The van der Waals surface area contributed by atoms with Gasteiger partial charge in [0.2, 0.25) is 0 Å². The van der Waals surface area contributed by atoms with E-state index < -0.39 is 0 Å². The minimum Gasteiger partial charge on any atom is -0.329 e. The van der Waals surface area contributed by atoms with Crippen molar-refractivity contribution in [2.24, 2.45) is 11.5 Å². The summed E-state index contributed by atoms with van der Waals surface area (Å²) < 4.78 is 0. The molecule has 0 fully saturated rings. The van der Waals surface area contributed by atoms with Crippen molar-refractivity contribution in [3.63, 3.8) is 0 Å². The summed E-state index contributed by atoms with van der Waals surface area (Å²) in [6, 6.07) is 7.33. The number of rotatable bonds is 2. The Morgan fingerprint density at radius 3 is 2.38 bits per heavy atom. The van der Waals surface area contributed by atoms with E-state index in [-0.39, 0.29) is 30.9 Å². The van der Waals surface area contributed by atoms with Gasteiger partial charge in [-0.25, -0.2) is 0 Å². The Kier molecular flexibility index (Phi) is 8.83. The summed E-state index contributed by atoms with van der Waals surface area (Å²) in [4.78, 5) is 0. The van der Waals surface area contributed by atoms with Gasteiger partial charge in [-0.2, -0.15) is 0 Å². The first-order valence-corrected chi connectivity index (χ1v) is 3.83. The Labute approximate surface area is 95.5 Å². The SMILES string of the molecule is Cl.Cl.NCC(N)c1cccc(Cl)c1. The molecule has 2 nitrogen and oxygen atoms in total. The quantitative estimate of drug-likeness (QED) is 0.836. The highest BCUT2D eigenvalue weighted by Crippen LogP contribution is 2.14. The van der Waals surface area contributed by atoms with E-state index in [1.54, 1.807) is 0 Å². The lowest BCUT2D eigenvalue weighted by Gasteiger charge is -2.08. The average molecular weight is 244 g/mol. The summed E-state index contributed by atoms with van der Waals surface area (Å²) >= 11 is 5.75. The smallest absolute Gasteiger partial charge is 0.0420 e. The Hall–Kier alpha value is 0.01000. The van der Waals surface area contributed by atoms with Crippen LogP contribution in [0.15, 0.2) is 24.3 Å². The van der Waals surface area contributed by atoms with Gasteiger partial charge >= 0.3 is 0 Å². The zero-order valence-corrected chi connectivity index (χ0v) is 9.33. The summed E-state index contributed by atoms with van der Waals surface area (Å²) in [6.07, 6.45) is 0. The molecule has 0 amide bonds. The zero-order chi connectivity index (χ0) is 8.27. The first-order valence-electron chi connectivity index (χ1n) is 3.45. The van der Waals surface area contributed by atoms with Crippen molar-refractivity contribution in [3.8, 4) is 0 Å². The van der Waals surface area contributed by atoms with Gasteiger partial charge in [0.05, 0.1) is 0 Å². The normalized spacial score (nSPS) is 11.0. The minimum absolute atomic E-state index is 0. The largest absolute Gasteiger partial charge is 0.329 e. The summed E-state index contributed by atoms with van der Waals surface area (Å²) in [6.45, 7) is 0.445. The van der Waals surface area contributed by atoms with Gasteiger partial charge in [0.25, 0.3) is 0 Å². The molecule has 76 valence electrons. The van der Waals surface area contributed by atoms with Crippen LogP contribution in [-0.4, -0.2) is 6.54 Å². The molecule has 0 spiro atoms. The lowest BCUT2D eigenvalue weighted by Crippen LogP contribution is -2.20. The van der Waals surface area contributed by atoms with Gasteiger partial charge in [-0.15, -0.1) is 24.8 Å². The molecular weight excluding hydrogens is 230 g/mol. The van der Waals surface area contributed by atoms with Gasteiger partial charge in [-0.3, -0.25) is 0 Å². The molecule has 1 rings (SSSR count). The maximum absolute atomic E-state index is 5.75. The van der Waals surface area contributed by atoms with Crippen LogP contribution in [0.1, 0.15) is 11.6 Å². The van der Waals surface area contributed by atoms with Crippen molar-refractivity contribution in [1.82, 2.24) is 0 Å². The van der Waals surface area contributed by atoms with E-state index in [4.69, 9.17) is 23.1 Å². The fourth-order valence-corrected chi connectivity index (χ4v) is 1.07. The molecule has 0 heterocycles. The fourth-order valence-electron chi connectivity index (χ4n) is 0.873. The molecule has 1 unspecified atom stereocenters. The van der Waals surface area contributed by atoms with Crippen LogP contribution in [0.25, 0.3) is 0 Å². The Balaban J connectivity index is 0. The zero-order valence-electron chi connectivity index (χ0n) is 6.94. The second-order valence-corrected chi connectivity index (χ2v) is 2.83. The highest BCUT2D eigenvalue weighted by molar-refractivity contribution is 6.30. The molecule has 0 aliphatic heterocycles. The van der Waals surface area contributed by atoms with Crippen molar-refractivity contribution >= 4 is 36.4 Å². The standard InChI is InChI=1S/C8H11ClN2.2ClH/c9-7-3-1-2-6(4-7)8(11)5-10;;/h1-4,8H,5,10-11H2;2*1H. The topological polar surface area (TPSA) is 52.0 Å². The van der Waals surface area contributed by atoms with E-state index in [0.29, 0.717) is 11.6 Å². The molecule has 0 aliphatic rings. The van der Waals surface area contributed by atoms with E-state index in [2.05, 4.69) is 0 Å². The van der Waals surface area contributed by atoms with Crippen LogP contribution in [-0.2, 0) is 0 Å². The molecule has 4 N–H and O–H groups in total. The Morgan fingerprint density at radius 2 is 1.92 bits per heavy atom. The summed E-state index contributed by atoms with van der Waals surface area (Å²) in [7, 11) is 0. The van der Waals surface area contributed by atoms with E-state index >= 15 is 0 Å². The van der Waals surface area contributed by atoms with Gasteiger partial charge in [0.1, 0.15) is 0 Å². The van der Waals surface area contributed by atoms with E-state index in [1.807, 2.05) is 24.3 Å². The van der Waals surface area contributed by atoms with Crippen LogP contribution < -0.4 is 11.5 Å². The summed E-state index contributed by atoms with van der Waals surface area (Å²) in [5, 5.41) is 0.700. The van der Waals surface area contributed by atoms with Gasteiger partial charge < -0.3 is 11.5 Å². The molecule has 1 aromatic carbocycles. The molecule has 1 aromatic rings. The van der Waals surface area contributed by atoms with Crippen LogP contribution in [0, 0.1) is 0 Å². The molecule has 13 heavy (non-hydrogen) atoms. The lowest BCUT2D eigenvalue weighted by atomic mass is 10.1. The molecule has 0 radical (unpaired) electrons. The molecule has 0 aliphatic carbocycles. The average Bonchev–Trinajstić information content (AvgIpc) is 2.03. The first-order chi connectivity index (χ1) is 5.24. The molecule has 0 bridgehead atoms. The third kappa shape index (κ3) is 4.69. The molecule has 5 heteroatoms. The number of nitrogens with two attached hydrogens (primary N) is 2. The molecule has 0 aromatic heterocycles. The van der Waals surface area contributed by atoms with Crippen LogP contribution in [0.3, 0.4) is 0 Å². The summed E-state index contributed by atoms with van der Waals surface area (Å²) in [5.41, 5.74) is 12.1. The minimum atomic E-state index is -0.103. The molecule has 1 atom stereocenters. The predicted molar refractivity (Wildman–Crippen MR) is 61.9 cm³/mol. The lowest BCUT2D eigenvalue weighted by molar-refractivity contribution is 0.737. The molecule has 0 saturated carbocycles. The van der Waals surface area contributed by atoms with Gasteiger partial charge in [-0.1, -0.05) is 23.7 Å².